The van der Waals surface area contributed by atoms with Crippen molar-refractivity contribution >= 4 is 23.0 Å². The number of aromatic nitrogens is 1. The number of ether oxygens (including phenoxy) is 1. The molecule has 0 aliphatic carbocycles. The van der Waals surface area contributed by atoms with Crippen molar-refractivity contribution in [1.29, 1.82) is 0 Å². The summed E-state index contributed by atoms with van der Waals surface area (Å²) >= 11 is 6.11. The summed E-state index contributed by atoms with van der Waals surface area (Å²) < 4.78 is 20.6. The van der Waals surface area contributed by atoms with Crippen molar-refractivity contribution in [2.75, 3.05) is 6.61 Å². The van der Waals surface area contributed by atoms with Crippen molar-refractivity contribution in [2.45, 2.75) is 12.8 Å². The van der Waals surface area contributed by atoms with Crippen LogP contribution in [0.1, 0.15) is 11.1 Å². The quantitative estimate of drug-likeness (QED) is 0.596. The maximum Gasteiger partial charge on any atom is 0.129 e. The van der Waals surface area contributed by atoms with Crippen molar-refractivity contribution in [3.05, 3.63) is 76.8 Å². The van der Waals surface area contributed by atoms with E-state index in [-0.39, 0.29) is 11.7 Å². The highest BCUT2D eigenvalue weighted by atomic mass is 35.5. The average molecular weight is 379 g/mol. The Bertz CT molecular complexity index is 1070. The Morgan fingerprint density at radius 3 is 2.74 bits per heavy atom. The van der Waals surface area contributed by atoms with Crippen molar-refractivity contribution in [1.82, 2.24) is 4.98 Å². The van der Waals surface area contributed by atoms with Gasteiger partial charge in [0, 0.05) is 41.0 Å². The third-order valence-electron chi connectivity index (χ3n) is 5.21. The van der Waals surface area contributed by atoms with Crippen LogP contribution in [-0.2, 0) is 12.8 Å². The topological polar surface area (TPSA) is 34.5 Å². The van der Waals surface area contributed by atoms with Crippen LogP contribution in [0.2, 0.25) is 5.02 Å². The van der Waals surface area contributed by atoms with Crippen LogP contribution >= 0.6 is 11.6 Å². The number of hydrogen-bond acceptors (Lipinski definition) is 3. The summed E-state index contributed by atoms with van der Waals surface area (Å²) in [6.07, 6.45) is 4.75. The van der Waals surface area contributed by atoms with Crippen LogP contribution in [0.5, 0.6) is 5.75 Å². The van der Waals surface area contributed by atoms with E-state index in [4.69, 9.17) is 21.3 Å². The van der Waals surface area contributed by atoms with Gasteiger partial charge in [-0.3, -0.25) is 9.98 Å². The number of hydrogen-bond donors (Lipinski definition) is 0. The summed E-state index contributed by atoms with van der Waals surface area (Å²) in [5.41, 5.74) is 5.18. The van der Waals surface area contributed by atoms with Gasteiger partial charge in [-0.15, -0.1) is 0 Å². The van der Waals surface area contributed by atoms with E-state index >= 15 is 0 Å². The molecule has 0 saturated heterocycles. The molecule has 1 unspecified atom stereocenters. The second kappa shape index (κ2) is 6.46. The van der Waals surface area contributed by atoms with E-state index in [1.807, 2.05) is 36.4 Å². The Morgan fingerprint density at radius 1 is 1.04 bits per heavy atom. The van der Waals surface area contributed by atoms with Crippen LogP contribution in [0.4, 0.5) is 10.1 Å². The molecule has 2 aliphatic rings. The molecule has 0 N–H and O–H groups in total. The van der Waals surface area contributed by atoms with Crippen LogP contribution in [0, 0.1) is 11.7 Å². The fourth-order valence-corrected chi connectivity index (χ4v) is 3.99. The molecule has 5 rings (SSSR count). The molecule has 2 aromatic carbocycles. The zero-order valence-electron chi connectivity index (χ0n) is 14.5. The minimum Gasteiger partial charge on any atom is -0.493 e. The number of nitrogens with zero attached hydrogens (tertiary/aromatic N) is 2. The maximum atomic E-state index is 14.7. The van der Waals surface area contributed by atoms with E-state index in [0.717, 1.165) is 34.6 Å². The van der Waals surface area contributed by atoms with Gasteiger partial charge >= 0.3 is 0 Å². The summed E-state index contributed by atoms with van der Waals surface area (Å²) in [5.74, 6) is 0.795. The van der Waals surface area contributed by atoms with Crippen molar-refractivity contribution in [2.24, 2.45) is 10.9 Å². The van der Waals surface area contributed by atoms with E-state index in [2.05, 4.69) is 4.98 Å². The van der Waals surface area contributed by atoms with Crippen LogP contribution in [-0.4, -0.2) is 17.3 Å². The van der Waals surface area contributed by atoms with Gasteiger partial charge in [-0.2, -0.15) is 0 Å². The van der Waals surface area contributed by atoms with Crippen LogP contribution < -0.4 is 4.74 Å². The zero-order valence-corrected chi connectivity index (χ0v) is 15.2. The number of rotatable bonds is 2. The minimum absolute atomic E-state index is 0.132. The fraction of sp³-hybridized carbons (Fsp3) is 0.182. The molecule has 3 nitrogen and oxygen atoms in total. The predicted octanol–water partition coefficient (Wildman–Crippen LogP) is 5.42. The normalized spacial score (nSPS) is 17.7. The molecular weight excluding hydrogens is 363 g/mol. The molecule has 0 spiro atoms. The van der Waals surface area contributed by atoms with Crippen molar-refractivity contribution in [3.8, 4) is 16.9 Å². The first-order valence-electron chi connectivity index (χ1n) is 8.89. The summed E-state index contributed by atoms with van der Waals surface area (Å²) in [7, 11) is 0. The molecule has 0 radical (unpaired) electrons. The lowest BCUT2D eigenvalue weighted by Gasteiger charge is -2.25. The highest BCUT2D eigenvalue weighted by molar-refractivity contribution is 6.30. The van der Waals surface area contributed by atoms with Gasteiger partial charge in [0.1, 0.15) is 11.6 Å². The molecule has 1 aromatic heterocycles. The standard InChI is InChI=1S/C22H16ClFN2O/c23-17-1-2-22-15(8-17)7-16(12-27-22)20-11-18-19(24)9-14(10-21(18)26-20)13-3-5-25-6-4-13/h1-6,8-10,16H,7,11-12H2. The van der Waals surface area contributed by atoms with Crippen molar-refractivity contribution < 1.29 is 9.13 Å². The molecule has 3 aromatic rings. The van der Waals surface area contributed by atoms with Gasteiger partial charge in [0.15, 0.2) is 0 Å². The Kier molecular flexibility index (Phi) is 3.94. The zero-order chi connectivity index (χ0) is 18.4. The van der Waals surface area contributed by atoms with Gasteiger partial charge in [-0.25, -0.2) is 4.39 Å². The van der Waals surface area contributed by atoms with Crippen LogP contribution in [0.25, 0.3) is 11.1 Å². The lowest BCUT2D eigenvalue weighted by molar-refractivity contribution is 0.258. The van der Waals surface area contributed by atoms with Gasteiger partial charge in [0.05, 0.1) is 12.3 Å². The van der Waals surface area contributed by atoms with Gasteiger partial charge < -0.3 is 4.74 Å². The molecular formula is C22H16ClFN2O. The summed E-state index contributed by atoms with van der Waals surface area (Å²) in [5, 5.41) is 0.697. The van der Waals surface area contributed by atoms with Crippen LogP contribution in [0.3, 0.4) is 0 Å². The number of aliphatic imine (C=N–C) groups is 1. The van der Waals surface area contributed by atoms with Gasteiger partial charge in [0.2, 0.25) is 0 Å². The average Bonchev–Trinajstić information content (AvgIpc) is 3.13. The lowest BCUT2D eigenvalue weighted by Crippen LogP contribution is -2.28. The smallest absolute Gasteiger partial charge is 0.129 e. The van der Waals surface area contributed by atoms with E-state index in [1.165, 1.54) is 0 Å². The summed E-state index contributed by atoms with van der Waals surface area (Å²) in [4.78, 5) is 8.78. The van der Waals surface area contributed by atoms with E-state index in [1.54, 1.807) is 18.5 Å². The Labute approximate surface area is 161 Å². The minimum atomic E-state index is -0.210. The second-order valence-electron chi connectivity index (χ2n) is 6.94. The van der Waals surface area contributed by atoms with E-state index in [0.29, 0.717) is 29.3 Å². The Morgan fingerprint density at radius 2 is 1.89 bits per heavy atom. The maximum absolute atomic E-state index is 14.7. The second-order valence-corrected chi connectivity index (χ2v) is 7.37. The molecule has 2 aliphatic heterocycles. The molecule has 0 amide bonds. The molecule has 0 saturated carbocycles. The third-order valence-corrected chi connectivity index (χ3v) is 5.44. The fourth-order valence-electron chi connectivity index (χ4n) is 3.80. The van der Waals surface area contributed by atoms with Crippen LogP contribution in [0.15, 0.2) is 59.9 Å². The number of benzene rings is 2. The third kappa shape index (κ3) is 3.00. The first-order chi connectivity index (χ1) is 13.2. The molecule has 3 heterocycles. The van der Waals surface area contributed by atoms with Gasteiger partial charge in [-0.1, -0.05) is 11.6 Å². The highest BCUT2D eigenvalue weighted by Gasteiger charge is 2.29. The molecule has 134 valence electrons. The SMILES string of the molecule is Fc1cc(-c2ccncc2)cc2c1CC(C1COc3ccc(Cl)cc3C1)=N2. The monoisotopic (exact) mass is 378 g/mol. The molecule has 1 atom stereocenters. The molecule has 27 heavy (non-hydrogen) atoms. The summed E-state index contributed by atoms with van der Waals surface area (Å²) in [6.45, 7) is 0.556. The molecule has 0 bridgehead atoms. The summed E-state index contributed by atoms with van der Waals surface area (Å²) in [6, 6.07) is 13.0. The van der Waals surface area contributed by atoms with E-state index in [9.17, 15) is 4.39 Å². The molecule has 5 heteroatoms. The number of pyridine rings is 1. The number of halogens is 2. The van der Waals surface area contributed by atoms with Gasteiger partial charge in [-0.05, 0) is 65.6 Å². The Hall–Kier alpha value is -2.72. The highest BCUT2D eigenvalue weighted by Crippen LogP contribution is 2.38. The van der Waals surface area contributed by atoms with Gasteiger partial charge in [0.25, 0.3) is 0 Å². The van der Waals surface area contributed by atoms with E-state index < -0.39 is 0 Å². The first kappa shape index (κ1) is 16.5. The first-order valence-corrected chi connectivity index (χ1v) is 9.26. The Balaban J connectivity index is 1.46. The largest absolute Gasteiger partial charge is 0.493 e. The molecule has 0 fully saturated rings. The lowest BCUT2D eigenvalue weighted by atomic mass is 9.90. The number of fused-ring (bicyclic) bond motifs is 2. The van der Waals surface area contributed by atoms with Crippen molar-refractivity contribution in [3.63, 3.8) is 0 Å². The predicted molar refractivity (Wildman–Crippen MR) is 105 cm³/mol.